The highest BCUT2D eigenvalue weighted by atomic mass is 32.2. The smallest absolute Gasteiger partial charge is 0.178 e. The number of hydrogen-bond donors (Lipinski definition) is 2. The van der Waals surface area contributed by atoms with Crippen molar-refractivity contribution in [2.24, 2.45) is 0 Å². The Hall–Kier alpha value is -1.82. The first kappa shape index (κ1) is 14.6. The molecule has 0 aliphatic carbocycles. The molecule has 1 heterocycles. The third-order valence-corrected chi connectivity index (χ3v) is 4.94. The van der Waals surface area contributed by atoms with Gasteiger partial charge in [0.05, 0.1) is 16.7 Å². The first-order chi connectivity index (χ1) is 9.53. The molecule has 0 amide bonds. The summed E-state index contributed by atoms with van der Waals surface area (Å²) in [4.78, 5) is 7.59. The largest absolute Gasteiger partial charge is 0.375 e. The number of nitrogens with one attached hydrogen (secondary N) is 2. The Balaban J connectivity index is 2.09. The second-order valence-electron chi connectivity index (χ2n) is 4.68. The quantitative estimate of drug-likeness (QED) is 0.858. The summed E-state index contributed by atoms with van der Waals surface area (Å²) < 4.78 is 23.8. The molecule has 0 spiro atoms. The molecule has 1 aromatic carbocycles. The van der Waals surface area contributed by atoms with Gasteiger partial charge in [0.1, 0.15) is 5.82 Å². The van der Waals surface area contributed by atoms with E-state index in [1.807, 2.05) is 13.8 Å². The summed E-state index contributed by atoms with van der Waals surface area (Å²) in [7, 11) is -3.15. The fourth-order valence-electron chi connectivity index (χ4n) is 1.98. The number of aromatic amines is 1. The van der Waals surface area contributed by atoms with Gasteiger partial charge in [-0.1, -0.05) is 6.92 Å². The number of anilines is 1. The molecule has 1 atom stereocenters. The molecule has 2 rings (SSSR count). The van der Waals surface area contributed by atoms with E-state index < -0.39 is 9.84 Å². The maximum atomic E-state index is 11.9. The second-order valence-corrected chi connectivity index (χ2v) is 6.79. The van der Waals surface area contributed by atoms with Crippen molar-refractivity contribution in [3.8, 4) is 0 Å². The molecule has 6 heteroatoms. The maximum absolute atomic E-state index is 11.9. The predicted octanol–water partition coefficient (Wildman–Crippen LogP) is 2.77. The zero-order valence-electron chi connectivity index (χ0n) is 11.6. The lowest BCUT2D eigenvalue weighted by Gasteiger charge is -2.13. The summed E-state index contributed by atoms with van der Waals surface area (Å²) >= 11 is 0. The van der Waals surface area contributed by atoms with E-state index in [1.54, 1.807) is 36.7 Å². The Morgan fingerprint density at radius 1 is 1.30 bits per heavy atom. The molecule has 20 heavy (non-hydrogen) atoms. The van der Waals surface area contributed by atoms with Gasteiger partial charge in [-0.3, -0.25) is 0 Å². The summed E-state index contributed by atoms with van der Waals surface area (Å²) in [6.45, 7) is 3.85. The lowest BCUT2D eigenvalue weighted by molar-refractivity contribution is 0.594. The fourth-order valence-corrected chi connectivity index (χ4v) is 3.30. The number of imidazole rings is 1. The van der Waals surface area contributed by atoms with Crippen LogP contribution in [0.25, 0.3) is 0 Å². The summed E-state index contributed by atoms with van der Waals surface area (Å²) in [5.41, 5.74) is 0.865. The normalized spacial score (nSPS) is 13.1. The van der Waals surface area contributed by atoms with Crippen molar-refractivity contribution < 1.29 is 8.42 Å². The van der Waals surface area contributed by atoms with Crippen LogP contribution in [0.2, 0.25) is 0 Å². The standard InChI is InChI=1S/C14H19N3O2S/c1-3-10-20(18,19)13-6-4-12(5-7-13)17-11(2)14-15-8-9-16-14/h4-9,11,17H,3,10H2,1-2H3,(H,15,16). The molecule has 0 saturated carbocycles. The molecule has 2 aromatic rings. The lowest BCUT2D eigenvalue weighted by Crippen LogP contribution is -2.09. The second kappa shape index (κ2) is 6.09. The molecule has 1 unspecified atom stereocenters. The van der Waals surface area contributed by atoms with Gasteiger partial charge in [-0.25, -0.2) is 13.4 Å². The number of hydrogen-bond acceptors (Lipinski definition) is 4. The van der Waals surface area contributed by atoms with E-state index in [0.717, 1.165) is 11.5 Å². The third-order valence-electron chi connectivity index (χ3n) is 3.00. The summed E-state index contributed by atoms with van der Waals surface area (Å²) in [5, 5.41) is 3.27. The number of aromatic nitrogens is 2. The van der Waals surface area contributed by atoms with E-state index in [2.05, 4.69) is 15.3 Å². The van der Waals surface area contributed by atoms with Crippen LogP contribution in [0, 0.1) is 0 Å². The molecular weight excluding hydrogens is 274 g/mol. The SMILES string of the molecule is CCCS(=O)(=O)c1ccc(NC(C)c2ncc[nH]2)cc1. The van der Waals surface area contributed by atoms with Crippen LogP contribution < -0.4 is 5.32 Å². The highest BCUT2D eigenvalue weighted by Gasteiger charge is 2.13. The van der Waals surface area contributed by atoms with E-state index in [-0.39, 0.29) is 11.8 Å². The van der Waals surface area contributed by atoms with Gasteiger partial charge in [-0.2, -0.15) is 0 Å². The molecule has 2 N–H and O–H groups in total. The number of nitrogens with zero attached hydrogens (tertiary/aromatic N) is 1. The molecule has 0 fully saturated rings. The van der Waals surface area contributed by atoms with Gasteiger partial charge in [0.15, 0.2) is 9.84 Å². The van der Waals surface area contributed by atoms with Crippen molar-refractivity contribution in [1.82, 2.24) is 9.97 Å². The molecule has 0 aliphatic heterocycles. The third kappa shape index (κ3) is 3.39. The lowest BCUT2D eigenvalue weighted by atomic mass is 10.2. The molecular formula is C14H19N3O2S. The number of benzene rings is 1. The van der Waals surface area contributed by atoms with Crippen LogP contribution in [0.5, 0.6) is 0 Å². The highest BCUT2D eigenvalue weighted by molar-refractivity contribution is 7.91. The number of rotatable bonds is 6. The summed E-state index contributed by atoms with van der Waals surface area (Å²) in [6.07, 6.45) is 4.10. The van der Waals surface area contributed by atoms with Crippen LogP contribution in [0.1, 0.15) is 32.1 Å². The van der Waals surface area contributed by atoms with E-state index in [1.165, 1.54) is 0 Å². The summed E-state index contributed by atoms with van der Waals surface area (Å²) in [6, 6.07) is 6.87. The molecule has 108 valence electrons. The average molecular weight is 293 g/mol. The Labute approximate surface area is 119 Å². The van der Waals surface area contributed by atoms with Crippen LogP contribution in [0.15, 0.2) is 41.6 Å². The number of sulfone groups is 1. The maximum Gasteiger partial charge on any atom is 0.178 e. The van der Waals surface area contributed by atoms with Gasteiger partial charge < -0.3 is 10.3 Å². The van der Waals surface area contributed by atoms with E-state index >= 15 is 0 Å². The Kier molecular flexibility index (Phi) is 4.44. The Bertz CT molecular complexity index is 634. The number of H-pyrrole nitrogens is 1. The minimum absolute atomic E-state index is 0.0306. The molecule has 0 aliphatic rings. The zero-order chi connectivity index (χ0) is 14.6. The van der Waals surface area contributed by atoms with Crippen molar-refractivity contribution in [2.45, 2.75) is 31.2 Å². The van der Waals surface area contributed by atoms with Crippen LogP contribution in [0.4, 0.5) is 5.69 Å². The van der Waals surface area contributed by atoms with E-state index in [0.29, 0.717) is 11.3 Å². The van der Waals surface area contributed by atoms with Gasteiger partial charge in [-0.05, 0) is 37.6 Å². The van der Waals surface area contributed by atoms with Crippen molar-refractivity contribution in [1.29, 1.82) is 0 Å². The zero-order valence-corrected chi connectivity index (χ0v) is 12.4. The molecule has 0 bridgehead atoms. The Morgan fingerprint density at radius 2 is 2.00 bits per heavy atom. The minimum atomic E-state index is -3.15. The van der Waals surface area contributed by atoms with Crippen molar-refractivity contribution in [3.63, 3.8) is 0 Å². The van der Waals surface area contributed by atoms with Gasteiger partial charge in [-0.15, -0.1) is 0 Å². The monoisotopic (exact) mass is 293 g/mol. The van der Waals surface area contributed by atoms with Gasteiger partial charge in [0.25, 0.3) is 0 Å². The fraction of sp³-hybridized carbons (Fsp3) is 0.357. The first-order valence-electron chi connectivity index (χ1n) is 6.61. The van der Waals surface area contributed by atoms with Crippen molar-refractivity contribution >= 4 is 15.5 Å². The van der Waals surface area contributed by atoms with E-state index in [4.69, 9.17) is 0 Å². The topological polar surface area (TPSA) is 74.8 Å². The van der Waals surface area contributed by atoms with Crippen LogP contribution >= 0.6 is 0 Å². The molecule has 5 nitrogen and oxygen atoms in total. The van der Waals surface area contributed by atoms with Crippen LogP contribution in [-0.2, 0) is 9.84 Å². The molecule has 0 saturated heterocycles. The van der Waals surface area contributed by atoms with Crippen LogP contribution in [-0.4, -0.2) is 24.1 Å². The van der Waals surface area contributed by atoms with Gasteiger partial charge in [0.2, 0.25) is 0 Å². The summed E-state index contributed by atoms with van der Waals surface area (Å²) in [5.74, 6) is 1.02. The Morgan fingerprint density at radius 3 is 2.55 bits per heavy atom. The van der Waals surface area contributed by atoms with Crippen LogP contribution in [0.3, 0.4) is 0 Å². The minimum Gasteiger partial charge on any atom is -0.375 e. The predicted molar refractivity (Wildman–Crippen MR) is 79.4 cm³/mol. The van der Waals surface area contributed by atoms with Crippen molar-refractivity contribution in [3.05, 3.63) is 42.5 Å². The van der Waals surface area contributed by atoms with E-state index in [9.17, 15) is 8.42 Å². The first-order valence-corrected chi connectivity index (χ1v) is 8.27. The van der Waals surface area contributed by atoms with Gasteiger partial charge in [0, 0.05) is 18.1 Å². The molecule has 1 aromatic heterocycles. The van der Waals surface area contributed by atoms with Crippen molar-refractivity contribution in [2.75, 3.05) is 11.1 Å². The highest BCUT2D eigenvalue weighted by Crippen LogP contribution is 2.19. The average Bonchev–Trinajstić information content (AvgIpc) is 2.93. The molecule has 0 radical (unpaired) electrons. The van der Waals surface area contributed by atoms with Gasteiger partial charge >= 0.3 is 0 Å².